The Labute approximate surface area is 120 Å². The van der Waals surface area contributed by atoms with Crippen molar-refractivity contribution in [1.29, 1.82) is 0 Å². The van der Waals surface area contributed by atoms with Crippen molar-refractivity contribution in [3.8, 4) is 11.5 Å². The van der Waals surface area contributed by atoms with Gasteiger partial charge in [0.2, 0.25) is 11.6 Å². The van der Waals surface area contributed by atoms with E-state index >= 15 is 0 Å². The van der Waals surface area contributed by atoms with Gasteiger partial charge in [0, 0.05) is 24.5 Å². The average molecular weight is 283 g/mol. The molecule has 0 aliphatic carbocycles. The Morgan fingerprint density at radius 2 is 2.00 bits per heavy atom. The first kappa shape index (κ1) is 13.0. The van der Waals surface area contributed by atoms with Crippen molar-refractivity contribution in [2.24, 2.45) is 0 Å². The number of fused-ring (bicyclic) bond motifs is 1. The molecule has 0 fully saturated rings. The number of rotatable bonds is 3. The Morgan fingerprint density at radius 1 is 1.19 bits per heavy atom. The molecule has 3 aromatic heterocycles. The normalized spacial score (nSPS) is 10.5. The summed E-state index contributed by atoms with van der Waals surface area (Å²) in [5.41, 5.74) is 1.82. The molecule has 21 heavy (non-hydrogen) atoms. The zero-order chi connectivity index (χ0) is 14.7. The molecule has 3 heterocycles. The summed E-state index contributed by atoms with van der Waals surface area (Å²) in [6.07, 6.45) is 3.33. The Hall–Kier alpha value is -2.96. The van der Waals surface area contributed by atoms with Crippen LogP contribution in [0.15, 0.2) is 41.1 Å². The number of oxazole rings is 1. The molecule has 7 heteroatoms. The van der Waals surface area contributed by atoms with E-state index in [1.54, 1.807) is 36.7 Å². The summed E-state index contributed by atoms with van der Waals surface area (Å²) in [4.78, 5) is 24.0. The summed E-state index contributed by atoms with van der Waals surface area (Å²) in [6, 6.07) is 6.73. The highest BCUT2D eigenvalue weighted by Gasteiger charge is 2.10. The first-order valence-electron chi connectivity index (χ1n) is 6.49. The lowest BCUT2D eigenvalue weighted by Gasteiger charge is -2.03. The highest BCUT2D eigenvalue weighted by Crippen LogP contribution is 2.23. The van der Waals surface area contributed by atoms with Gasteiger partial charge >= 0.3 is 6.03 Å². The number of carbonyl (C=O) groups is 1. The van der Waals surface area contributed by atoms with E-state index < -0.39 is 0 Å². The molecule has 0 saturated heterocycles. The predicted molar refractivity (Wildman–Crippen MR) is 77.7 cm³/mol. The van der Waals surface area contributed by atoms with Crippen LogP contribution in [0.25, 0.3) is 22.7 Å². The molecule has 0 spiro atoms. The maximum absolute atomic E-state index is 11.5. The summed E-state index contributed by atoms with van der Waals surface area (Å²) >= 11 is 0. The molecule has 3 aromatic rings. The highest BCUT2D eigenvalue weighted by molar-refractivity contribution is 5.89. The molecule has 0 aromatic carbocycles. The molecule has 0 atom stereocenters. The van der Waals surface area contributed by atoms with Crippen LogP contribution in [0.1, 0.15) is 6.92 Å². The van der Waals surface area contributed by atoms with Gasteiger partial charge in [0.15, 0.2) is 0 Å². The molecule has 0 radical (unpaired) electrons. The minimum Gasteiger partial charge on any atom is -0.418 e. The zero-order valence-electron chi connectivity index (χ0n) is 11.3. The number of carbonyl (C=O) groups excluding carboxylic acids is 1. The number of pyridine rings is 2. The van der Waals surface area contributed by atoms with Gasteiger partial charge in [-0.05, 0) is 31.2 Å². The van der Waals surface area contributed by atoms with E-state index in [2.05, 4.69) is 25.6 Å². The lowest BCUT2D eigenvalue weighted by molar-refractivity contribution is 0.252. The summed E-state index contributed by atoms with van der Waals surface area (Å²) in [5.74, 6) is 0.876. The van der Waals surface area contributed by atoms with Gasteiger partial charge in [-0.15, -0.1) is 0 Å². The number of nitrogens with zero attached hydrogens (tertiary/aromatic N) is 3. The maximum atomic E-state index is 11.5. The van der Waals surface area contributed by atoms with E-state index in [4.69, 9.17) is 4.42 Å². The van der Waals surface area contributed by atoms with Crippen molar-refractivity contribution in [1.82, 2.24) is 20.3 Å². The molecule has 0 aliphatic rings. The van der Waals surface area contributed by atoms with Crippen molar-refractivity contribution in [3.05, 3.63) is 36.7 Å². The van der Waals surface area contributed by atoms with Gasteiger partial charge < -0.3 is 9.73 Å². The van der Waals surface area contributed by atoms with Crippen LogP contribution in [0.3, 0.4) is 0 Å². The Balaban J connectivity index is 1.90. The predicted octanol–water partition coefficient (Wildman–Crippen LogP) is 2.43. The number of nitrogens with one attached hydrogen (secondary N) is 2. The number of urea groups is 1. The van der Waals surface area contributed by atoms with E-state index in [-0.39, 0.29) is 6.03 Å². The summed E-state index contributed by atoms with van der Waals surface area (Å²) < 4.78 is 5.61. The fourth-order valence-corrected chi connectivity index (χ4v) is 1.83. The third-order valence-corrected chi connectivity index (χ3v) is 2.76. The van der Waals surface area contributed by atoms with Gasteiger partial charge in [-0.2, -0.15) is 4.98 Å². The third kappa shape index (κ3) is 2.81. The smallest absolute Gasteiger partial charge is 0.320 e. The van der Waals surface area contributed by atoms with Crippen molar-refractivity contribution in [2.45, 2.75) is 6.92 Å². The molecular weight excluding hydrogens is 270 g/mol. The molecule has 0 aliphatic heterocycles. The lowest BCUT2D eigenvalue weighted by atomic mass is 10.3. The molecule has 3 rings (SSSR count). The van der Waals surface area contributed by atoms with Crippen LogP contribution in [-0.4, -0.2) is 27.5 Å². The Bertz CT molecular complexity index is 769. The minimum atomic E-state index is -0.307. The van der Waals surface area contributed by atoms with Crippen LogP contribution >= 0.6 is 0 Å². The first-order valence-corrected chi connectivity index (χ1v) is 6.49. The number of hydrogen-bond donors (Lipinski definition) is 2. The van der Waals surface area contributed by atoms with E-state index in [0.717, 1.165) is 5.56 Å². The molecule has 0 saturated carbocycles. The molecule has 0 unspecified atom stereocenters. The molecule has 2 amide bonds. The first-order chi connectivity index (χ1) is 10.3. The van der Waals surface area contributed by atoms with E-state index in [0.29, 0.717) is 29.5 Å². The van der Waals surface area contributed by atoms with Gasteiger partial charge in [0.1, 0.15) is 11.3 Å². The lowest BCUT2D eigenvalue weighted by Crippen LogP contribution is -2.28. The van der Waals surface area contributed by atoms with Crippen molar-refractivity contribution >= 4 is 23.1 Å². The number of amides is 2. The summed E-state index contributed by atoms with van der Waals surface area (Å²) in [5, 5.41) is 5.25. The van der Waals surface area contributed by atoms with Crippen LogP contribution in [-0.2, 0) is 0 Å². The number of anilines is 1. The van der Waals surface area contributed by atoms with E-state index in [9.17, 15) is 4.79 Å². The summed E-state index contributed by atoms with van der Waals surface area (Å²) in [7, 11) is 0. The number of aromatic nitrogens is 3. The van der Waals surface area contributed by atoms with Crippen LogP contribution in [0.4, 0.5) is 10.6 Å². The third-order valence-electron chi connectivity index (χ3n) is 2.76. The van der Waals surface area contributed by atoms with Gasteiger partial charge in [-0.1, -0.05) is 0 Å². The zero-order valence-corrected chi connectivity index (χ0v) is 11.3. The van der Waals surface area contributed by atoms with Gasteiger partial charge in [0.25, 0.3) is 0 Å². The molecule has 7 nitrogen and oxygen atoms in total. The summed E-state index contributed by atoms with van der Waals surface area (Å²) in [6.45, 7) is 2.39. The second-order valence-corrected chi connectivity index (χ2v) is 4.26. The fourth-order valence-electron chi connectivity index (χ4n) is 1.83. The molecule has 0 bridgehead atoms. The largest absolute Gasteiger partial charge is 0.418 e. The highest BCUT2D eigenvalue weighted by atomic mass is 16.4. The minimum absolute atomic E-state index is 0.307. The van der Waals surface area contributed by atoms with Crippen LogP contribution in [0, 0.1) is 0 Å². The monoisotopic (exact) mass is 283 g/mol. The van der Waals surface area contributed by atoms with Crippen LogP contribution in [0.5, 0.6) is 0 Å². The topological polar surface area (TPSA) is 92.9 Å². The van der Waals surface area contributed by atoms with E-state index in [1.807, 2.05) is 6.92 Å². The van der Waals surface area contributed by atoms with Crippen molar-refractivity contribution in [3.63, 3.8) is 0 Å². The Kier molecular flexibility index (Phi) is 3.46. The SMILES string of the molecule is CCNC(=O)Nc1ccc2nc(-c3ccncc3)oc2n1. The number of hydrogen-bond acceptors (Lipinski definition) is 5. The van der Waals surface area contributed by atoms with E-state index in [1.165, 1.54) is 0 Å². The van der Waals surface area contributed by atoms with Gasteiger partial charge in [-0.3, -0.25) is 10.3 Å². The maximum Gasteiger partial charge on any atom is 0.320 e. The Morgan fingerprint density at radius 3 is 2.76 bits per heavy atom. The molecule has 2 N–H and O–H groups in total. The molecular formula is C14H13N5O2. The van der Waals surface area contributed by atoms with Crippen molar-refractivity contribution < 1.29 is 9.21 Å². The second kappa shape index (κ2) is 5.58. The quantitative estimate of drug-likeness (QED) is 0.770. The van der Waals surface area contributed by atoms with Crippen LogP contribution < -0.4 is 10.6 Å². The molecule has 106 valence electrons. The standard InChI is InChI=1S/C14H13N5O2/c1-2-16-14(20)19-11-4-3-10-13(18-11)21-12(17-10)9-5-7-15-8-6-9/h3-8H,2H2,1H3,(H2,16,18,19,20). The fraction of sp³-hybridized carbons (Fsp3) is 0.143. The van der Waals surface area contributed by atoms with Gasteiger partial charge in [-0.25, -0.2) is 9.78 Å². The van der Waals surface area contributed by atoms with Crippen LogP contribution in [0.2, 0.25) is 0 Å². The second-order valence-electron chi connectivity index (χ2n) is 4.26. The van der Waals surface area contributed by atoms with Gasteiger partial charge in [0.05, 0.1) is 0 Å². The average Bonchev–Trinajstić information content (AvgIpc) is 2.91. The van der Waals surface area contributed by atoms with Crippen molar-refractivity contribution in [2.75, 3.05) is 11.9 Å².